The number of aliphatic hydroxyl groups is 2. The molecule has 4 aromatic rings. The van der Waals surface area contributed by atoms with Crippen molar-refractivity contribution in [3.8, 4) is 16.2 Å². The van der Waals surface area contributed by atoms with E-state index in [0.717, 1.165) is 67.5 Å². The van der Waals surface area contributed by atoms with Gasteiger partial charge in [0.15, 0.2) is 0 Å². The van der Waals surface area contributed by atoms with Gasteiger partial charge in [0.1, 0.15) is 29.8 Å². The van der Waals surface area contributed by atoms with Crippen LogP contribution >= 0.6 is 22.9 Å². The minimum Gasteiger partial charge on any atom is -0.489 e. The van der Waals surface area contributed by atoms with Gasteiger partial charge in [-0.3, -0.25) is 24.1 Å². The largest absolute Gasteiger partial charge is 0.489 e. The first-order valence-corrected chi connectivity index (χ1v) is 27.3. The maximum absolute atomic E-state index is 14.3. The Morgan fingerprint density at radius 1 is 0.947 bits per heavy atom. The molecule has 17 nitrogen and oxygen atoms in total. The number of halogens is 1. The molecule has 0 spiro atoms. The molecule has 0 bridgehead atoms. The Bertz CT molecular complexity index is 2720. The Kier molecular flexibility index (Phi) is 16.9. The first-order chi connectivity index (χ1) is 35.6. The zero-order chi connectivity index (χ0) is 54.0. The molecule has 402 valence electrons. The monoisotopic (exact) mass is 1060 g/mol. The highest BCUT2D eigenvalue weighted by Gasteiger charge is 2.64. The van der Waals surface area contributed by atoms with Crippen LogP contribution in [-0.4, -0.2) is 154 Å². The van der Waals surface area contributed by atoms with Gasteiger partial charge in [-0.25, -0.2) is 14.8 Å². The van der Waals surface area contributed by atoms with Gasteiger partial charge in [0.2, 0.25) is 23.4 Å². The van der Waals surface area contributed by atoms with Gasteiger partial charge >= 0.3 is 0 Å². The third-order valence-corrected chi connectivity index (χ3v) is 17.1. The number of ether oxygens (including phenoxy) is 1. The van der Waals surface area contributed by atoms with Gasteiger partial charge in [-0.05, 0) is 73.0 Å². The Morgan fingerprint density at radius 3 is 2.27 bits per heavy atom. The highest BCUT2D eigenvalue weighted by Crippen LogP contribution is 2.56. The number of aromatic nitrogens is 2. The number of carbonyl (C=O) groups excluding carboxylic acids is 4. The van der Waals surface area contributed by atoms with Crippen molar-refractivity contribution in [2.75, 3.05) is 70.4 Å². The molecule has 1 saturated carbocycles. The zero-order valence-electron chi connectivity index (χ0n) is 44.4. The van der Waals surface area contributed by atoms with E-state index in [-0.39, 0.29) is 60.9 Å². The minimum absolute atomic E-state index is 0.0411. The van der Waals surface area contributed by atoms with Crippen molar-refractivity contribution < 1.29 is 34.1 Å². The van der Waals surface area contributed by atoms with E-state index in [0.29, 0.717) is 46.6 Å². The molecule has 2 aromatic heterocycles. The second-order valence-electron chi connectivity index (χ2n) is 23.1. The first-order valence-electron chi connectivity index (χ1n) is 26.1. The van der Waals surface area contributed by atoms with Gasteiger partial charge in [-0.2, -0.15) is 0 Å². The molecule has 0 radical (unpaired) electrons. The van der Waals surface area contributed by atoms with E-state index in [9.17, 15) is 29.4 Å². The van der Waals surface area contributed by atoms with Crippen LogP contribution in [0.4, 0.5) is 11.5 Å². The molecule has 5 N–H and O–H groups in total. The van der Waals surface area contributed by atoms with Crippen LogP contribution in [0.1, 0.15) is 95.4 Å². The summed E-state index contributed by atoms with van der Waals surface area (Å²) >= 11 is 7.82. The molecular formula is C56H73ClN10O7S. The molecule has 19 heteroatoms. The molecule has 4 fully saturated rings. The lowest BCUT2D eigenvalue weighted by molar-refractivity contribution is -0.164. The van der Waals surface area contributed by atoms with Crippen molar-refractivity contribution in [2.45, 2.75) is 111 Å². The molecule has 1 aliphatic carbocycles. The first kappa shape index (κ1) is 55.5. The molecule has 4 aliphatic rings. The van der Waals surface area contributed by atoms with Crippen molar-refractivity contribution in [3.63, 3.8) is 0 Å². The van der Waals surface area contributed by atoms with Crippen LogP contribution < -0.4 is 25.6 Å². The lowest BCUT2D eigenvalue weighted by Crippen LogP contribution is -2.74. The van der Waals surface area contributed by atoms with Crippen LogP contribution in [0.2, 0.25) is 5.02 Å². The molecular weight excluding hydrogens is 992 g/mol. The fourth-order valence-electron chi connectivity index (χ4n) is 11.8. The minimum atomic E-state index is -0.980. The van der Waals surface area contributed by atoms with Crippen LogP contribution in [0.5, 0.6) is 5.75 Å². The smallest absolute Gasteiger partial charge is 0.253 e. The van der Waals surface area contributed by atoms with Crippen LogP contribution in [0.25, 0.3) is 15.3 Å². The number of β-amino-alcohol motifs (C(OH)–C–C–N with tert-alkyl or cyclic N) is 1. The van der Waals surface area contributed by atoms with E-state index in [4.69, 9.17) is 27.9 Å². The number of aryl methyl sites for hydroxylation is 1. The van der Waals surface area contributed by atoms with E-state index in [2.05, 4.69) is 68.2 Å². The third-order valence-electron chi connectivity index (χ3n) is 15.8. The predicted octanol–water partition coefficient (Wildman–Crippen LogP) is 6.51. The van der Waals surface area contributed by atoms with Crippen molar-refractivity contribution in [1.82, 2.24) is 40.6 Å². The summed E-state index contributed by atoms with van der Waals surface area (Å²) in [4.78, 5) is 77.1. The van der Waals surface area contributed by atoms with Gasteiger partial charge in [0.25, 0.3) is 5.91 Å². The molecule has 8 rings (SSSR count). The van der Waals surface area contributed by atoms with Crippen LogP contribution in [0.3, 0.4) is 0 Å². The Balaban J connectivity index is 0.761. The van der Waals surface area contributed by atoms with E-state index >= 15 is 0 Å². The SMILES string of the molecule is [C-]#[N+]c1ccc(OC2C(C)(C)C(NC(=O)c3ccc(N4CCC(CCN5CCN(CC(=O)N[C@H](C(=O)N6C[C@H](O)C[C@H]6C(=O)N[C@@H](CO)c6ccc(-c7scnc7C)cc6)C(C)(C)C)CC5)C4)nc3)C2(C)C)cc1Cl. The van der Waals surface area contributed by atoms with Crippen molar-refractivity contribution in [2.24, 2.45) is 22.2 Å². The van der Waals surface area contributed by atoms with Crippen LogP contribution in [0, 0.1) is 35.7 Å². The molecule has 4 amide bonds. The predicted molar refractivity (Wildman–Crippen MR) is 291 cm³/mol. The number of amides is 4. The molecule has 3 aliphatic heterocycles. The second-order valence-corrected chi connectivity index (χ2v) is 24.3. The molecule has 5 atom stereocenters. The van der Waals surface area contributed by atoms with Gasteiger partial charge in [-0.1, -0.05) is 90.4 Å². The highest BCUT2D eigenvalue weighted by atomic mass is 35.5. The summed E-state index contributed by atoms with van der Waals surface area (Å²) in [5.41, 5.74) is 3.82. The van der Waals surface area contributed by atoms with E-state index in [1.165, 1.54) is 16.2 Å². The number of nitrogens with zero attached hydrogens (tertiary/aromatic N) is 7. The normalized spacial score (nSPS) is 23.4. The van der Waals surface area contributed by atoms with Gasteiger partial charge < -0.3 is 45.6 Å². The number of hydrogen-bond acceptors (Lipinski definition) is 13. The summed E-state index contributed by atoms with van der Waals surface area (Å²) in [6, 6.07) is 13.6. The summed E-state index contributed by atoms with van der Waals surface area (Å²) in [5, 5.41) is 30.6. The highest BCUT2D eigenvalue weighted by molar-refractivity contribution is 7.13. The number of thiazole rings is 1. The number of pyridine rings is 1. The second kappa shape index (κ2) is 22.9. The topological polar surface area (TPSA) is 197 Å². The summed E-state index contributed by atoms with van der Waals surface area (Å²) in [6.45, 7) is 28.7. The number of likely N-dealkylation sites (tertiary alicyclic amines) is 1. The summed E-state index contributed by atoms with van der Waals surface area (Å²) in [6.07, 6.45) is 2.67. The Labute approximate surface area is 450 Å². The number of piperazine rings is 1. The van der Waals surface area contributed by atoms with E-state index in [1.54, 1.807) is 29.9 Å². The maximum atomic E-state index is 14.3. The molecule has 3 saturated heterocycles. The Hall–Kier alpha value is -5.68. The standard InChI is InChI=1S/C56H73ClN10O7S/c1-34-47(75-33-60-34)37-12-10-36(11-13-37)43(32-68)61-50(72)44-26-39(69)30-67(44)51(73)48(54(2,3)4)62-46(70)31-65-24-22-64(23-25-65)20-18-35-19-21-66(29-35)45-17-14-38(28-59-45)49(71)63-52-55(5,6)53(56(52,7)8)74-40-15-16-42(58-9)41(57)27-40/h10-17,27-28,33,35,39,43-44,48,52-53,68-69H,18-26,29-32H2,1-8H3,(H,61,72)(H,62,70)(H,63,71)/t35?,39-,43+,44+,48-,52?,53?/m1/s1. The summed E-state index contributed by atoms with van der Waals surface area (Å²) in [5.74, 6) is 0.571. The van der Waals surface area contributed by atoms with E-state index in [1.807, 2.05) is 64.1 Å². The number of anilines is 1. The van der Waals surface area contributed by atoms with Gasteiger partial charge in [0.05, 0.1) is 58.5 Å². The number of carbonyl (C=O) groups is 4. The number of nitrogens with one attached hydrogen (secondary N) is 3. The lowest BCUT2D eigenvalue weighted by Gasteiger charge is -2.63. The van der Waals surface area contributed by atoms with Gasteiger partial charge in [-0.15, -0.1) is 11.3 Å². The van der Waals surface area contributed by atoms with E-state index < -0.39 is 41.5 Å². The number of hydrogen-bond donors (Lipinski definition) is 5. The molecule has 2 aromatic carbocycles. The van der Waals surface area contributed by atoms with Crippen LogP contribution in [-0.2, 0) is 14.4 Å². The summed E-state index contributed by atoms with van der Waals surface area (Å²) in [7, 11) is 0. The number of rotatable bonds is 17. The zero-order valence-corrected chi connectivity index (χ0v) is 46.0. The fraction of sp³-hybridized carbons (Fsp3) is 0.554. The fourth-order valence-corrected chi connectivity index (χ4v) is 12.8. The average Bonchev–Trinajstić information content (AvgIpc) is 4.15. The average molecular weight is 1070 g/mol. The van der Waals surface area contributed by atoms with Crippen molar-refractivity contribution >= 4 is 58.1 Å². The quantitative estimate of drug-likeness (QED) is 0.0721. The van der Waals surface area contributed by atoms with Gasteiger partial charge in [0, 0.05) is 75.3 Å². The maximum Gasteiger partial charge on any atom is 0.253 e. The summed E-state index contributed by atoms with van der Waals surface area (Å²) < 4.78 is 6.40. The number of benzene rings is 2. The van der Waals surface area contributed by atoms with Crippen LogP contribution in [0.15, 0.2) is 66.3 Å². The Morgan fingerprint density at radius 2 is 1.65 bits per heavy atom. The molecule has 75 heavy (non-hydrogen) atoms. The third kappa shape index (κ3) is 12.5. The molecule has 1 unspecified atom stereocenters. The lowest BCUT2D eigenvalue weighted by atomic mass is 9.49. The van der Waals surface area contributed by atoms with Crippen molar-refractivity contribution in [1.29, 1.82) is 0 Å². The molecule has 5 heterocycles. The van der Waals surface area contributed by atoms with Crippen molar-refractivity contribution in [3.05, 3.63) is 99.6 Å². The number of aliphatic hydroxyl groups excluding tert-OH is 2.